The number of pyridine rings is 1. The van der Waals surface area contributed by atoms with E-state index in [4.69, 9.17) is 9.47 Å². The normalized spacial score (nSPS) is 10.9. The van der Waals surface area contributed by atoms with Crippen LogP contribution in [-0.2, 0) is 4.74 Å². The molecule has 0 amide bonds. The highest BCUT2D eigenvalue weighted by atomic mass is 32.1. The van der Waals surface area contributed by atoms with Crippen molar-refractivity contribution in [2.24, 2.45) is 0 Å². The zero-order valence-electron chi connectivity index (χ0n) is 17.8. The van der Waals surface area contributed by atoms with Gasteiger partial charge in [0.2, 0.25) is 5.88 Å². The lowest BCUT2D eigenvalue weighted by atomic mass is 10.1. The summed E-state index contributed by atoms with van der Waals surface area (Å²) < 4.78 is 25.0. The molecule has 0 saturated carbocycles. The van der Waals surface area contributed by atoms with Gasteiger partial charge in [-0.15, -0.1) is 0 Å². The molecule has 29 heavy (non-hydrogen) atoms. The van der Waals surface area contributed by atoms with Crippen molar-refractivity contribution in [2.45, 2.75) is 47.1 Å². The van der Waals surface area contributed by atoms with Crippen molar-refractivity contribution in [3.8, 4) is 5.88 Å². The van der Waals surface area contributed by atoms with Crippen LogP contribution in [0.15, 0.2) is 30.3 Å². The molecule has 3 rings (SSSR count). The van der Waals surface area contributed by atoms with E-state index in [1.165, 1.54) is 24.5 Å². The van der Waals surface area contributed by atoms with Gasteiger partial charge in [-0.3, -0.25) is 0 Å². The molecular weight excluding hydrogens is 391 g/mol. The zero-order chi connectivity index (χ0) is 21.8. The first-order valence-corrected chi connectivity index (χ1v) is 10.2. The maximum absolute atomic E-state index is 14.3. The highest BCUT2D eigenvalue weighted by Gasteiger charge is 2.26. The number of carbonyl (C=O) groups excluding carboxylic acids is 1. The van der Waals surface area contributed by atoms with Crippen LogP contribution in [0.5, 0.6) is 5.88 Å². The molecule has 0 bridgehead atoms. The third kappa shape index (κ3) is 5.44. The summed E-state index contributed by atoms with van der Waals surface area (Å²) in [5.74, 6) is -0.448. The van der Waals surface area contributed by atoms with Gasteiger partial charge in [0.05, 0.1) is 12.8 Å². The third-order valence-electron chi connectivity index (χ3n) is 3.71. The lowest BCUT2D eigenvalue weighted by Crippen LogP contribution is -2.24. The fourth-order valence-electron chi connectivity index (χ4n) is 2.54. The number of thiophene rings is 1. The molecule has 0 atom stereocenters. The van der Waals surface area contributed by atoms with Crippen LogP contribution in [0.4, 0.5) is 15.1 Å². The van der Waals surface area contributed by atoms with Crippen LogP contribution < -0.4 is 10.1 Å². The molecule has 2 aromatic heterocycles. The number of carbonyl (C=O) groups is 1. The van der Waals surface area contributed by atoms with Gasteiger partial charge >= 0.3 is 5.97 Å². The Hall–Kier alpha value is -2.67. The number of anilines is 2. The van der Waals surface area contributed by atoms with Crippen molar-refractivity contribution in [2.75, 3.05) is 12.4 Å². The van der Waals surface area contributed by atoms with E-state index in [1.807, 2.05) is 20.8 Å². The number of hydrogen-bond donors (Lipinski definition) is 1. The number of aromatic nitrogens is 1. The van der Waals surface area contributed by atoms with Crippen molar-refractivity contribution in [1.29, 1.82) is 0 Å². The van der Waals surface area contributed by atoms with E-state index in [-0.39, 0.29) is 5.69 Å². The van der Waals surface area contributed by atoms with E-state index in [9.17, 15) is 9.18 Å². The second-order valence-corrected chi connectivity index (χ2v) is 8.12. The van der Waals surface area contributed by atoms with Crippen LogP contribution in [0.1, 0.15) is 50.5 Å². The molecule has 156 valence electrons. The predicted molar refractivity (Wildman–Crippen MR) is 117 cm³/mol. The Morgan fingerprint density at radius 3 is 2.45 bits per heavy atom. The van der Waals surface area contributed by atoms with E-state index >= 15 is 0 Å². The number of halogens is 1. The van der Waals surface area contributed by atoms with Gasteiger partial charge in [0.15, 0.2) is 0 Å². The van der Waals surface area contributed by atoms with Gasteiger partial charge < -0.3 is 14.8 Å². The predicted octanol–water partition coefficient (Wildman–Crippen LogP) is 6.48. The van der Waals surface area contributed by atoms with E-state index < -0.39 is 17.4 Å². The molecule has 7 heteroatoms. The van der Waals surface area contributed by atoms with Crippen molar-refractivity contribution in [3.05, 3.63) is 47.3 Å². The summed E-state index contributed by atoms with van der Waals surface area (Å²) in [6.07, 6.45) is 0. The van der Waals surface area contributed by atoms with Gasteiger partial charge in [-0.2, -0.15) is 0 Å². The summed E-state index contributed by atoms with van der Waals surface area (Å²) in [7, 11) is 1.53. The number of benzene rings is 1. The molecule has 3 aromatic rings. The molecule has 2 heterocycles. The fourth-order valence-corrected chi connectivity index (χ4v) is 3.60. The first-order valence-electron chi connectivity index (χ1n) is 9.42. The Kier molecular flexibility index (Phi) is 7.19. The number of nitrogens with zero attached hydrogens (tertiary/aromatic N) is 1. The summed E-state index contributed by atoms with van der Waals surface area (Å²) >= 11 is 1.25. The Morgan fingerprint density at radius 1 is 1.17 bits per heavy atom. The van der Waals surface area contributed by atoms with Gasteiger partial charge in [0.1, 0.15) is 26.8 Å². The molecule has 0 saturated heterocycles. The molecule has 0 unspecified atom stereocenters. The standard InChI is InChI=1S/C20H21FN2O3S.C2H6/c1-11-6-8-14(13(21)10-11)22-18-16(19(24)26-20(2,3)4)12-7-9-15(25-5)23-17(12)27-18;1-2/h6-10,22H,1-5H3;1-2H3. The SMILES string of the molecule is CC.COc1ccc2c(C(=O)OC(C)(C)C)c(Nc3ccc(C)cc3F)sc2n1. The Morgan fingerprint density at radius 2 is 1.86 bits per heavy atom. The number of ether oxygens (including phenoxy) is 2. The second-order valence-electron chi connectivity index (χ2n) is 7.12. The molecule has 0 aliphatic heterocycles. The number of fused-ring (bicyclic) bond motifs is 1. The number of esters is 1. The summed E-state index contributed by atoms with van der Waals surface area (Å²) in [6, 6.07) is 8.31. The Labute approximate surface area is 174 Å². The molecule has 0 spiro atoms. The van der Waals surface area contributed by atoms with E-state index in [2.05, 4.69) is 10.3 Å². The quantitative estimate of drug-likeness (QED) is 0.492. The molecule has 0 aliphatic carbocycles. The molecule has 1 N–H and O–H groups in total. The zero-order valence-corrected chi connectivity index (χ0v) is 18.7. The number of hydrogen-bond acceptors (Lipinski definition) is 6. The first kappa shape index (κ1) is 22.6. The monoisotopic (exact) mass is 418 g/mol. The first-order chi connectivity index (χ1) is 13.7. The van der Waals surface area contributed by atoms with E-state index in [0.29, 0.717) is 26.7 Å². The second kappa shape index (κ2) is 9.22. The average Bonchev–Trinajstić information content (AvgIpc) is 3.01. The minimum Gasteiger partial charge on any atom is -0.481 e. The molecule has 0 fully saturated rings. The lowest BCUT2D eigenvalue weighted by molar-refractivity contribution is 0.00734. The highest BCUT2D eigenvalue weighted by Crippen LogP contribution is 2.39. The minimum atomic E-state index is -0.655. The van der Waals surface area contributed by atoms with Crippen molar-refractivity contribution in [1.82, 2.24) is 4.98 Å². The van der Waals surface area contributed by atoms with E-state index in [1.54, 1.807) is 45.0 Å². The maximum atomic E-state index is 14.3. The van der Waals surface area contributed by atoms with Crippen molar-refractivity contribution >= 4 is 38.2 Å². The number of aryl methyl sites for hydroxylation is 1. The maximum Gasteiger partial charge on any atom is 0.342 e. The van der Waals surface area contributed by atoms with Crippen LogP contribution in [0.25, 0.3) is 10.2 Å². The highest BCUT2D eigenvalue weighted by molar-refractivity contribution is 7.23. The molecular formula is C22H27FN2O3S. The summed E-state index contributed by atoms with van der Waals surface area (Å²) in [6.45, 7) is 11.2. The summed E-state index contributed by atoms with van der Waals surface area (Å²) in [5.41, 5.74) is 0.773. The van der Waals surface area contributed by atoms with Gasteiger partial charge in [-0.1, -0.05) is 31.3 Å². The van der Waals surface area contributed by atoms with Crippen LogP contribution in [0.3, 0.4) is 0 Å². The molecule has 5 nitrogen and oxygen atoms in total. The number of rotatable bonds is 4. The van der Waals surface area contributed by atoms with Crippen molar-refractivity contribution < 1.29 is 18.7 Å². The lowest BCUT2D eigenvalue weighted by Gasteiger charge is -2.20. The van der Waals surface area contributed by atoms with Crippen molar-refractivity contribution in [3.63, 3.8) is 0 Å². The van der Waals surface area contributed by atoms with Crippen LogP contribution in [0, 0.1) is 12.7 Å². The van der Waals surface area contributed by atoms with Gasteiger partial charge in [-0.25, -0.2) is 14.2 Å². The summed E-state index contributed by atoms with van der Waals surface area (Å²) in [4.78, 5) is 17.8. The smallest absolute Gasteiger partial charge is 0.342 e. The average molecular weight is 419 g/mol. The number of nitrogens with one attached hydrogen (secondary N) is 1. The van der Waals surface area contributed by atoms with Crippen LogP contribution in [-0.4, -0.2) is 23.7 Å². The Balaban J connectivity index is 0.00000145. The van der Waals surface area contributed by atoms with Gasteiger partial charge in [-0.05, 0) is 51.5 Å². The number of methoxy groups -OCH3 is 1. The molecule has 0 aliphatic rings. The molecule has 0 radical (unpaired) electrons. The third-order valence-corrected chi connectivity index (χ3v) is 4.73. The molecule has 1 aromatic carbocycles. The van der Waals surface area contributed by atoms with Crippen LogP contribution >= 0.6 is 11.3 Å². The fraction of sp³-hybridized carbons (Fsp3) is 0.364. The van der Waals surface area contributed by atoms with E-state index in [0.717, 1.165) is 5.56 Å². The minimum absolute atomic E-state index is 0.281. The topological polar surface area (TPSA) is 60.5 Å². The largest absolute Gasteiger partial charge is 0.481 e. The Bertz CT molecular complexity index is 1010. The van der Waals surface area contributed by atoms with Gasteiger partial charge in [0, 0.05) is 11.5 Å². The van der Waals surface area contributed by atoms with Crippen LogP contribution in [0.2, 0.25) is 0 Å². The summed E-state index contributed by atoms with van der Waals surface area (Å²) in [5, 5.41) is 4.13. The van der Waals surface area contributed by atoms with Gasteiger partial charge in [0.25, 0.3) is 0 Å².